The zero-order valence-electron chi connectivity index (χ0n) is 15.2. The number of aliphatic carboxylic acids is 1. The number of Topliss-reactive ketones (excluding diaryl/α,β-unsaturated/α-hetero) is 1. The molecule has 1 unspecified atom stereocenters. The van der Waals surface area contributed by atoms with Crippen LogP contribution >= 0.6 is 0 Å². The van der Waals surface area contributed by atoms with E-state index in [1.165, 1.54) is 6.08 Å². The summed E-state index contributed by atoms with van der Waals surface area (Å²) in [6.07, 6.45) is 3.25. The molecule has 1 aliphatic carbocycles. The number of carbonyl (C=O) groups excluding carboxylic acids is 2. The summed E-state index contributed by atoms with van der Waals surface area (Å²) < 4.78 is 1.94. The maximum atomic E-state index is 12.7. The van der Waals surface area contributed by atoms with Crippen LogP contribution in [-0.4, -0.2) is 33.3 Å². The second-order valence-electron chi connectivity index (χ2n) is 6.82. The van der Waals surface area contributed by atoms with E-state index in [4.69, 9.17) is 0 Å². The minimum atomic E-state index is -1.09. The number of fused-ring (bicyclic) bond motifs is 2. The Labute approximate surface area is 161 Å². The van der Waals surface area contributed by atoms with Crippen LogP contribution < -0.4 is 5.32 Å². The summed E-state index contributed by atoms with van der Waals surface area (Å²) in [5.74, 6) is -1.78. The highest BCUT2D eigenvalue weighted by Gasteiger charge is 2.29. The first-order valence-electron chi connectivity index (χ1n) is 8.87. The van der Waals surface area contributed by atoms with E-state index in [1.807, 2.05) is 42.1 Å². The maximum absolute atomic E-state index is 12.7. The average Bonchev–Trinajstić information content (AvgIpc) is 3.01. The summed E-state index contributed by atoms with van der Waals surface area (Å²) in [4.78, 5) is 36.9. The van der Waals surface area contributed by atoms with Gasteiger partial charge in [0.2, 0.25) is 5.78 Å². The van der Waals surface area contributed by atoms with Crippen molar-refractivity contribution in [3.8, 4) is 0 Å². The van der Waals surface area contributed by atoms with Gasteiger partial charge in [0.15, 0.2) is 5.78 Å². The van der Waals surface area contributed by atoms with Gasteiger partial charge in [0.25, 0.3) is 0 Å². The van der Waals surface area contributed by atoms with Crippen LogP contribution in [0.15, 0.2) is 66.5 Å². The number of para-hydroxylation sites is 1. The molecule has 0 saturated heterocycles. The number of ketones is 2. The van der Waals surface area contributed by atoms with Gasteiger partial charge in [0, 0.05) is 47.8 Å². The van der Waals surface area contributed by atoms with Crippen LogP contribution in [-0.2, 0) is 18.3 Å². The second kappa shape index (κ2) is 6.81. The Bertz CT molecular complexity index is 1160. The summed E-state index contributed by atoms with van der Waals surface area (Å²) in [6, 6.07) is 13.2. The standard InChI is InChI=1S/C22H18N2O4/c1-24-12-13(14-6-4-5-9-19(14)24)10-18(22(27)28)23-17-11-20(25)15-7-2-3-8-16(15)21(17)26/h2-9,11-12,18,23H,10H2,1H3,(H,27,28). The van der Waals surface area contributed by atoms with Crippen LogP contribution in [0.3, 0.4) is 0 Å². The van der Waals surface area contributed by atoms with Gasteiger partial charge >= 0.3 is 5.97 Å². The van der Waals surface area contributed by atoms with Crippen molar-refractivity contribution in [1.29, 1.82) is 0 Å². The van der Waals surface area contributed by atoms with E-state index in [9.17, 15) is 19.5 Å². The third-order valence-electron chi connectivity index (χ3n) is 4.99. The molecule has 0 bridgehead atoms. The number of aryl methyl sites for hydroxylation is 1. The van der Waals surface area contributed by atoms with Gasteiger partial charge in [0.1, 0.15) is 6.04 Å². The second-order valence-corrected chi connectivity index (χ2v) is 6.82. The molecule has 6 heteroatoms. The molecule has 1 atom stereocenters. The number of nitrogens with one attached hydrogen (secondary N) is 1. The van der Waals surface area contributed by atoms with Crippen molar-refractivity contribution in [3.05, 3.63) is 83.2 Å². The van der Waals surface area contributed by atoms with Crippen molar-refractivity contribution in [2.24, 2.45) is 7.05 Å². The number of benzene rings is 2. The number of allylic oxidation sites excluding steroid dienone is 2. The van der Waals surface area contributed by atoms with E-state index < -0.39 is 12.0 Å². The van der Waals surface area contributed by atoms with Gasteiger partial charge in [-0.2, -0.15) is 0 Å². The third kappa shape index (κ3) is 2.99. The number of carboxylic acid groups (broad SMARTS) is 1. The molecule has 2 N–H and O–H groups in total. The number of nitrogens with zero attached hydrogens (tertiary/aromatic N) is 1. The zero-order valence-corrected chi connectivity index (χ0v) is 15.2. The molecule has 6 nitrogen and oxygen atoms in total. The number of hydrogen-bond donors (Lipinski definition) is 2. The van der Waals surface area contributed by atoms with Gasteiger partial charge in [0.05, 0.1) is 5.70 Å². The highest BCUT2D eigenvalue weighted by molar-refractivity contribution is 6.24. The van der Waals surface area contributed by atoms with Gasteiger partial charge in [-0.3, -0.25) is 9.59 Å². The Morgan fingerprint density at radius 2 is 1.75 bits per heavy atom. The highest BCUT2D eigenvalue weighted by atomic mass is 16.4. The van der Waals surface area contributed by atoms with Crippen molar-refractivity contribution >= 4 is 28.4 Å². The van der Waals surface area contributed by atoms with Crippen LogP contribution in [0.4, 0.5) is 0 Å². The summed E-state index contributed by atoms with van der Waals surface area (Å²) in [5.41, 5.74) is 2.48. The molecule has 28 heavy (non-hydrogen) atoms. The van der Waals surface area contributed by atoms with Crippen LogP contribution in [0.1, 0.15) is 26.3 Å². The Kier molecular flexibility index (Phi) is 4.31. The van der Waals surface area contributed by atoms with Gasteiger partial charge < -0.3 is 15.0 Å². The maximum Gasteiger partial charge on any atom is 0.326 e. The lowest BCUT2D eigenvalue weighted by molar-refractivity contribution is -0.139. The SMILES string of the molecule is Cn1cc(CC(NC2=CC(=O)c3ccccc3C2=O)C(=O)O)c2ccccc21. The molecule has 0 spiro atoms. The molecule has 1 aliphatic rings. The summed E-state index contributed by atoms with van der Waals surface area (Å²) in [6.45, 7) is 0. The molecule has 4 rings (SSSR count). The van der Waals surface area contributed by atoms with Crippen molar-refractivity contribution in [2.75, 3.05) is 0 Å². The zero-order chi connectivity index (χ0) is 19.8. The number of aromatic nitrogens is 1. The van der Waals surface area contributed by atoms with E-state index >= 15 is 0 Å². The normalized spacial score (nSPS) is 14.5. The van der Waals surface area contributed by atoms with E-state index in [0.717, 1.165) is 16.5 Å². The average molecular weight is 374 g/mol. The lowest BCUT2D eigenvalue weighted by Crippen LogP contribution is -2.41. The smallest absolute Gasteiger partial charge is 0.326 e. The molecule has 140 valence electrons. The molecular weight excluding hydrogens is 356 g/mol. The largest absolute Gasteiger partial charge is 0.480 e. The van der Waals surface area contributed by atoms with Crippen molar-refractivity contribution in [2.45, 2.75) is 12.5 Å². The van der Waals surface area contributed by atoms with E-state index in [2.05, 4.69) is 5.32 Å². The van der Waals surface area contributed by atoms with Crippen molar-refractivity contribution < 1.29 is 19.5 Å². The summed E-state index contributed by atoms with van der Waals surface area (Å²) >= 11 is 0. The first-order chi connectivity index (χ1) is 13.5. The predicted octanol–water partition coefficient (Wildman–Crippen LogP) is 2.73. The Balaban J connectivity index is 1.64. The lowest BCUT2D eigenvalue weighted by Gasteiger charge is -2.20. The number of carboxylic acids is 1. The molecule has 3 aromatic rings. The molecule has 0 saturated carbocycles. The molecule has 1 heterocycles. The first kappa shape index (κ1) is 17.7. The van der Waals surface area contributed by atoms with Crippen LogP contribution in [0.5, 0.6) is 0 Å². The minimum absolute atomic E-state index is 0.0105. The van der Waals surface area contributed by atoms with Gasteiger partial charge in [-0.1, -0.05) is 42.5 Å². The first-order valence-corrected chi connectivity index (χ1v) is 8.87. The fourth-order valence-corrected chi connectivity index (χ4v) is 3.62. The molecule has 0 amide bonds. The number of hydrogen-bond acceptors (Lipinski definition) is 4. The van der Waals surface area contributed by atoms with E-state index in [1.54, 1.807) is 24.3 Å². The lowest BCUT2D eigenvalue weighted by atomic mass is 9.92. The fraction of sp³-hybridized carbons (Fsp3) is 0.136. The van der Waals surface area contributed by atoms with E-state index in [0.29, 0.717) is 5.56 Å². The Hall–Kier alpha value is -3.67. The van der Waals surface area contributed by atoms with Crippen LogP contribution in [0.25, 0.3) is 10.9 Å². The third-order valence-corrected chi connectivity index (χ3v) is 4.99. The fourth-order valence-electron chi connectivity index (χ4n) is 3.62. The van der Waals surface area contributed by atoms with Crippen LogP contribution in [0.2, 0.25) is 0 Å². The summed E-state index contributed by atoms with van der Waals surface area (Å²) in [7, 11) is 1.90. The van der Waals surface area contributed by atoms with Gasteiger partial charge in [-0.05, 0) is 11.6 Å². The minimum Gasteiger partial charge on any atom is -0.480 e. The molecule has 2 aromatic carbocycles. The van der Waals surface area contributed by atoms with Gasteiger partial charge in [-0.15, -0.1) is 0 Å². The molecule has 0 aliphatic heterocycles. The van der Waals surface area contributed by atoms with Crippen molar-refractivity contribution in [3.63, 3.8) is 0 Å². The Morgan fingerprint density at radius 1 is 1.07 bits per heavy atom. The number of carbonyl (C=O) groups is 3. The Morgan fingerprint density at radius 3 is 2.50 bits per heavy atom. The van der Waals surface area contributed by atoms with Crippen LogP contribution in [0, 0.1) is 0 Å². The monoisotopic (exact) mass is 374 g/mol. The molecule has 0 fully saturated rings. The highest BCUT2D eigenvalue weighted by Crippen LogP contribution is 2.23. The molecule has 1 aromatic heterocycles. The predicted molar refractivity (Wildman–Crippen MR) is 104 cm³/mol. The number of rotatable bonds is 5. The quantitative estimate of drug-likeness (QED) is 0.717. The van der Waals surface area contributed by atoms with Crippen molar-refractivity contribution in [1.82, 2.24) is 9.88 Å². The molecular formula is C22H18N2O4. The van der Waals surface area contributed by atoms with Gasteiger partial charge in [-0.25, -0.2) is 4.79 Å². The molecule has 0 radical (unpaired) electrons. The van der Waals surface area contributed by atoms with E-state index in [-0.39, 0.29) is 29.2 Å². The summed E-state index contributed by atoms with van der Waals surface area (Å²) in [5, 5.41) is 13.4. The topological polar surface area (TPSA) is 88.4 Å².